The van der Waals surface area contributed by atoms with E-state index in [1.54, 1.807) is 7.11 Å². The average Bonchev–Trinajstić information content (AvgIpc) is 2.52. The number of methoxy groups -OCH3 is 1. The predicted octanol–water partition coefficient (Wildman–Crippen LogP) is 1.85. The van der Waals surface area contributed by atoms with Gasteiger partial charge in [-0.3, -0.25) is 0 Å². The predicted molar refractivity (Wildman–Crippen MR) is 86.1 cm³/mol. The molecule has 1 rings (SSSR count). The Morgan fingerprint density at radius 1 is 0.952 bits per heavy atom. The minimum atomic E-state index is 0.329. The number of rotatable bonds is 11. The first-order valence-corrected chi connectivity index (χ1v) is 7.73. The number of ether oxygens (including phenoxy) is 1. The molecule has 0 aromatic carbocycles. The van der Waals surface area contributed by atoms with Crippen molar-refractivity contribution in [2.75, 3.05) is 50.5 Å². The standard InChI is InChI=1S/C14H28N6O/c1-5-9-15-12-17-13(19-14(18-12)21-4)16-10-8-11-20(6-2)7-3/h5-11H2,1-4H3,(H2,15,16,17,18,19). The van der Waals surface area contributed by atoms with Crippen molar-refractivity contribution in [1.82, 2.24) is 19.9 Å². The second kappa shape index (κ2) is 10.1. The number of hydrogen-bond acceptors (Lipinski definition) is 7. The lowest BCUT2D eigenvalue weighted by molar-refractivity contribution is 0.303. The molecular formula is C14H28N6O. The van der Waals surface area contributed by atoms with Gasteiger partial charge in [-0.05, 0) is 32.5 Å². The first kappa shape index (κ1) is 17.4. The number of hydrogen-bond donors (Lipinski definition) is 2. The number of aromatic nitrogens is 3. The van der Waals surface area contributed by atoms with Crippen molar-refractivity contribution >= 4 is 11.9 Å². The summed E-state index contributed by atoms with van der Waals surface area (Å²) in [6, 6.07) is 0.329. The van der Waals surface area contributed by atoms with Crippen molar-refractivity contribution in [3.05, 3.63) is 0 Å². The molecule has 0 spiro atoms. The van der Waals surface area contributed by atoms with Crippen molar-refractivity contribution < 1.29 is 4.74 Å². The van der Waals surface area contributed by atoms with Crippen LogP contribution in [0.15, 0.2) is 0 Å². The molecule has 21 heavy (non-hydrogen) atoms. The van der Waals surface area contributed by atoms with Crippen LogP contribution in [0.3, 0.4) is 0 Å². The maximum absolute atomic E-state index is 5.10. The van der Waals surface area contributed by atoms with E-state index in [1.807, 2.05) is 0 Å². The third-order valence-corrected chi connectivity index (χ3v) is 3.16. The zero-order chi connectivity index (χ0) is 15.5. The largest absolute Gasteiger partial charge is 0.467 e. The lowest BCUT2D eigenvalue weighted by Gasteiger charge is -2.17. The Hall–Kier alpha value is -1.63. The number of anilines is 2. The number of nitrogens with zero attached hydrogens (tertiary/aromatic N) is 4. The summed E-state index contributed by atoms with van der Waals surface area (Å²) in [6.07, 6.45) is 2.06. The highest BCUT2D eigenvalue weighted by Gasteiger charge is 2.06. The molecule has 0 radical (unpaired) electrons. The van der Waals surface area contributed by atoms with Gasteiger partial charge in [0.1, 0.15) is 0 Å². The summed E-state index contributed by atoms with van der Waals surface area (Å²) >= 11 is 0. The van der Waals surface area contributed by atoms with E-state index < -0.39 is 0 Å². The lowest BCUT2D eigenvalue weighted by atomic mass is 10.3. The van der Waals surface area contributed by atoms with Crippen LogP contribution in [-0.4, -0.2) is 59.7 Å². The third-order valence-electron chi connectivity index (χ3n) is 3.16. The molecule has 0 amide bonds. The zero-order valence-corrected chi connectivity index (χ0v) is 13.6. The van der Waals surface area contributed by atoms with Gasteiger partial charge in [0.05, 0.1) is 7.11 Å². The van der Waals surface area contributed by atoms with Gasteiger partial charge < -0.3 is 20.3 Å². The van der Waals surface area contributed by atoms with Gasteiger partial charge in [-0.2, -0.15) is 15.0 Å². The Labute approximate surface area is 127 Å². The van der Waals surface area contributed by atoms with Crippen molar-refractivity contribution in [3.63, 3.8) is 0 Å². The van der Waals surface area contributed by atoms with Gasteiger partial charge in [0.2, 0.25) is 11.9 Å². The van der Waals surface area contributed by atoms with E-state index >= 15 is 0 Å². The SMILES string of the molecule is CCCNc1nc(NCCCN(CC)CC)nc(OC)n1. The van der Waals surface area contributed by atoms with E-state index in [-0.39, 0.29) is 0 Å². The molecular weight excluding hydrogens is 268 g/mol. The van der Waals surface area contributed by atoms with Gasteiger partial charge >= 0.3 is 6.01 Å². The fourth-order valence-electron chi connectivity index (χ4n) is 1.89. The van der Waals surface area contributed by atoms with Crippen LogP contribution in [0.25, 0.3) is 0 Å². The third kappa shape index (κ3) is 6.57. The van der Waals surface area contributed by atoms with Gasteiger partial charge in [-0.15, -0.1) is 0 Å². The van der Waals surface area contributed by atoms with E-state index in [9.17, 15) is 0 Å². The van der Waals surface area contributed by atoms with E-state index in [0.29, 0.717) is 17.9 Å². The molecule has 0 aliphatic carbocycles. The molecule has 2 N–H and O–H groups in total. The highest BCUT2D eigenvalue weighted by molar-refractivity contribution is 5.35. The maximum Gasteiger partial charge on any atom is 0.322 e. The van der Waals surface area contributed by atoms with Crippen molar-refractivity contribution in [2.24, 2.45) is 0 Å². The Balaban J connectivity index is 2.49. The molecule has 0 aliphatic heterocycles. The topological polar surface area (TPSA) is 75.2 Å². The minimum Gasteiger partial charge on any atom is -0.467 e. The molecule has 0 bridgehead atoms. The van der Waals surface area contributed by atoms with Crippen LogP contribution in [0.5, 0.6) is 6.01 Å². The van der Waals surface area contributed by atoms with E-state index in [2.05, 4.69) is 51.3 Å². The van der Waals surface area contributed by atoms with Crippen LogP contribution in [0, 0.1) is 0 Å². The maximum atomic E-state index is 5.10. The molecule has 0 saturated heterocycles. The van der Waals surface area contributed by atoms with E-state index in [4.69, 9.17) is 4.74 Å². The molecule has 120 valence electrons. The molecule has 0 aliphatic rings. The van der Waals surface area contributed by atoms with Gasteiger partial charge in [0, 0.05) is 13.1 Å². The summed E-state index contributed by atoms with van der Waals surface area (Å²) in [5.74, 6) is 1.11. The zero-order valence-electron chi connectivity index (χ0n) is 13.6. The quantitative estimate of drug-likeness (QED) is 0.603. The summed E-state index contributed by atoms with van der Waals surface area (Å²) in [4.78, 5) is 15.1. The van der Waals surface area contributed by atoms with Crippen molar-refractivity contribution in [1.29, 1.82) is 0 Å². The molecule has 0 saturated carbocycles. The Bertz CT molecular complexity index is 397. The van der Waals surface area contributed by atoms with Gasteiger partial charge in [0.25, 0.3) is 0 Å². The van der Waals surface area contributed by atoms with Crippen molar-refractivity contribution in [2.45, 2.75) is 33.6 Å². The fraction of sp³-hybridized carbons (Fsp3) is 0.786. The van der Waals surface area contributed by atoms with Gasteiger partial charge in [-0.25, -0.2) is 0 Å². The monoisotopic (exact) mass is 296 g/mol. The fourth-order valence-corrected chi connectivity index (χ4v) is 1.89. The van der Waals surface area contributed by atoms with Crippen LogP contribution < -0.4 is 15.4 Å². The van der Waals surface area contributed by atoms with Crippen LogP contribution >= 0.6 is 0 Å². The van der Waals surface area contributed by atoms with Gasteiger partial charge in [0.15, 0.2) is 0 Å². The van der Waals surface area contributed by atoms with Crippen LogP contribution in [0.2, 0.25) is 0 Å². The van der Waals surface area contributed by atoms with Crippen LogP contribution in [0.1, 0.15) is 33.6 Å². The Morgan fingerprint density at radius 2 is 1.57 bits per heavy atom. The molecule has 0 fully saturated rings. The van der Waals surface area contributed by atoms with Crippen LogP contribution in [-0.2, 0) is 0 Å². The number of nitrogens with one attached hydrogen (secondary N) is 2. The Kier molecular flexibility index (Phi) is 8.42. The molecule has 1 aromatic rings. The first-order chi connectivity index (χ1) is 10.2. The summed E-state index contributed by atoms with van der Waals surface area (Å²) in [5, 5.41) is 6.38. The van der Waals surface area contributed by atoms with Crippen molar-refractivity contribution in [3.8, 4) is 6.01 Å². The second-order valence-corrected chi connectivity index (χ2v) is 4.70. The van der Waals surface area contributed by atoms with Crippen LogP contribution in [0.4, 0.5) is 11.9 Å². The summed E-state index contributed by atoms with van der Waals surface area (Å²) in [5.41, 5.74) is 0. The normalized spacial score (nSPS) is 10.7. The summed E-state index contributed by atoms with van der Waals surface area (Å²) in [6.45, 7) is 11.4. The van der Waals surface area contributed by atoms with Gasteiger partial charge in [-0.1, -0.05) is 20.8 Å². The minimum absolute atomic E-state index is 0.329. The summed E-state index contributed by atoms with van der Waals surface area (Å²) < 4.78 is 5.10. The lowest BCUT2D eigenvalue weighted by Crippen LogP contribution is -2.25. The Morgan fingerprint density at radius 3 is 2.10 bits per heavy atom. The van der Waals surface area contributed by atoms with E-state index in [1.165, 1.54) is 0 Å². The molecule has 7 nitrogen and oxygen atoms in total. The smallest absolute Gasteiger partial charge is 0.322 e. The molecule has 1 heterocycles. The highest BCUT2D eigenvalue weighted by atomic mass is 16.5. The highest BCUT2D eigenvalue weighted by Crippen LogP contribution is 2.10. The first-order valence-electron chi connectivity index (χ1n) is 7.73. The molecule has 0 unspecified atom stereocenters. The molecule has 7 heteroatoms. The second-order valence-electron chi connectivity index (χ2n) is 4.70. The average molecular weight is 296 g/mol. The van der Waals surface area contributed by atoms with E-state index in [0.717, 1.165) is 45.6 Å². The molecule has 0 atom stereocenters. The summed E-state index contributed by atoms with van der Waals surface area (Å²) in [7, 11) is 1.56. The molecule has 1 aromatic heterocycles.